The highest BCUT2D eigenvalue weighted by molar-refractivity contribution is 5.79. The molecule has 2 heterocycles. The van der Waals surface area contributed by atoms with Gasteiger partial charge in [0.2, 0.25) is 11.8 Å². The van der Waals surface area contributed by atoms with Gasteiger partial charge in [0, 0.05) is 59.3 Å². The van der Waals surface area contributed by atoms with Crippen LogP contribution in [0.5, 0.6) is 0 Å². The maximum Gasteiger partial charge on any atom is 0.410 e. The second kappa shape index (κ2) is 9.58. The minimum atomic E-state index is -0.504. The summed E-state index contributed by atoms with van der Waals surface area (Å²) in [6, 6.07) is 0. The van der Waals surface area contributed by atoms with Crippen LogP contribution in [0.25, 0.3) is 0 Å². The maximum absolute atomic E-state index is 12.9. The average Bonchev–Trinajstić information content (AvgIpc) is 2.85. The number of hydrogen-bond donors (Lipinski definition) is 0. The van der Waals surface area contributed by atoms with E-state index in [0.717, 1.165) is 26.1 Å². The molecule has 28 heavy (non-hydrogen) atoms. The van der Waals surface area contributed by atoms with E-state index in [0.29, 0.717) is 39.0 Å². The van der Waals surface area contributed by atoms with E-state index in [1.54, 1.807) is 23.9 Å². The quantitative estimate of drug-likeness (QED) is 0.718. The molecule has 0 saturated carbocycles. The molecular weight excluding hydrogens is 360 g/mol. The van der Waals surface area contributed by atoms with Crippen molar-refractivity contribution >= 4 is 17.9 Å². The lowest BCUT2D eigenvalue weighted by molar-refractivity contribution is -0.137. The summed E-state index contributed by atoms with van der Waals surface area (Å²) in [6.45, 7) is 10.0. The summed E-state index contributed by atoms with van der Waals surface area (Å²) in [6.07, 6.45) is 1.94. The van der Waals surface area contributed by atoms with Crippen molar-refractivity contribution < 1.29 is 19.1 Å². The highest BCUT2D eigenvalue weighted by Crippen LogP contribution is 2.22. The molecule has 0 aromatic heterocycles. The number of likely N-dealkylation sites (tertiary alicyclic amines) is 1. The summed E-state index contributed by atoms with van der Waals surface area (Å²) in [4.78, 5) is 44.4. The maximum atomic E-state index is 12.9. The fourth-order valence-electron chi connectivity index (χ4n) is 3.58. The molecular formula is C20H36N4O4. The SMILES string of the molecule is CN(C)C(=O)CN1CCCN(C(=O)C2CCN(C(=O)OC(C)(C)C)CC2)CC1. The van der Waals surface area contributed by atoms with Crippen molar-refractivity contribution in [2.45, 2.75) is 45.6 Å². The standard InChI is InChI=1S/C20H36N4O4/c1-20(2,3)28-19(27)24-11-7-16(8-12-24)18(26)23-10-6-9-22(13-14-23)15-17(25)21(4)5/h16H,6-15H2,1-5H3. The molecule has 0 atom stereocenters. The first-order valence-corrected chi connectivity index (χ1v) is 10.3. The molecule has 0 aliphatic carbocycles. The van der Waals surface area contributed by atoms with Gasteiger partial charge in [0.25, 0.3) is 0 Å². The molecule has 0 bridgehead atoms. The van der Waals surface area contributed by atoms with Crippen molar-refractivity contribution in [3.05, 3.63) is 0 Å². The van der Waals surface area contributed by atoms with Gasteiger partial charge in [-0.15, -0.1) is 0 Å². The first kappa shape index (κ1) is 22.5. The molecule has 2 rings (SSSR count). The monoisotopic (exact) mass is 396 g/mol. The molecule has 8 nitrogen and oxygen atoms in total. The Morgan fingerprint density at radius 1 is 0.929 bits per heavy atom. The Labute approximate surface area is 168 Å². The highest BCUT2D eigenvalue weighted by Gasteiger charge is 2.32. The van der Waals surface area contributed by atoms with Gasteiger partial charge in [-0.25, -0.2) is 4.79 Å². The molecule has 2 aliphatic rings. The van der Waals surface area contributed by atoms with Crippen LogP contribution in [0, 0.1) is 5.92 Å². The Morgan fingerprint density at radius 3 is 2.14 bits per heavy atom. The largest absolute Gasteiger partial charge is 0.444 e. The minimum absolute atomic E-state index is 0.0337. The van der Waals surface area contributed by atoms with Crippen LogP contribution in [0.4, 0.5) is 4.79 Å². The zero-order valence-electron chi connectivity index (χ0n) is 18.1. The average molecular weight is 397 g/mol. The van der Waals surface area contributed by atoms with E-state index in [-0.39, 0.29) is 23.8 Å². The van der Waals surface area contributed by atoms with Gasteiger partial charge in [0.15, 0.2) is 0 Å². The van der Waals surface area contributed by atoms with Gasteiger partial charge in [0.1, 0.15) is 5.60 Å². The number of hydrogen-bond acceptors (Lipinski definition) is 5. The summed E-state index contributed by atoms with van der Waals surface area (Å²) in [5, 5.41) is 0. The Morgan fingerprint density at radius 2 is 1.57 bits per heavy atom. The first-order valence-electron chi connectivity index (χ1n) is 10.3. The third-order valence-electron chi connectivity index (χ3n) is 5.25. The molecule has 2 aliphatic heterocycles. The van der Waals surface area contributed by atoms with Crippen molar-refractivity contribution in [2.24, 2.45) is 5.92 Å². The minimum Gasteiger partial charge on any atom is -0.444 e. The molecule has 0 aromatic carbocycles. The van der Waals surface area contributed by atoms with E-state index in [9.17, 15) is 14.4 Å². The molecule has 3 amide bonds. The van der Waals surface area contributed by atoms with Crippen LogP contribution in [0.3, 0.4) is 0 Å². The Balaban J connectivity index is 1.80. The van der Waals surface area contributed by atoms with Gasteiger partial charge in [-0.3, -0.25) is 14.5 Å². The number of rotatable bonds is 3. The van der Waals surface area contributed by atoms with E-state index in [2.05, 4.69) is 4.90 Å². The van der Waals surface area contributed by atoms with Crippen LogP contribution in [0.1, 0.15) is 40.0 Å². The molecule has 0 N–H and O–H groups in total. The molecule has 0 radical (unpaired) electrons. The van der Waals surface area contributed by atoms with Gasteiger partial charge in [0.05, 0.1) is 6.54 Å². The zero-order valence-corrected chi connectivity index (χ0v) is 18.1. The van der Waals surface area contributed by atoms with Gasteiger partial charge >= 0.3 is 6.09 Å². The van der Waals surface area contributed by atoms with Crippen molar-refractivity contribution in [2.75, 3.05) is 59.9 Å². The lowest BCUT2D eigenvalue weighted by Crippen LogP contribution is -2.46. The number of nitrogens with zero attached hydrogens (tertiary/aromatic N) is 4. The summed E-state index contributed by atoms with van der Waals surface area (Å²) < 4.78 is 5.42. The van der Waals surface area contributed by atoms with Crippen LogP contribution >= 0.6 is 0 Å². The zero-order chi connectivity index (χ0) is 20.9. The lowest BCUT2D eigenvalue weighted by atomic mass is 9.95. The van der Waals surface area contributed by atoms with Crippen molar-refractivity contribution in [1.82, 2.24) is 19.6 Å². The van der Waals surface area contributed by atoms with Crippen LogP contribution in [0.2, 0.25) is 0 Å². The van der Waals surface area contributed by atoms with Crippen LogP contribution in [0.15, 0.2) is 0 Å². The Bertz CT molecular complexity index is 565. The second-order valence-electron chi connectivity index (χ2n) is 8.98. The third kappa shape index (κ3) is 6.65. The van der Waals surface area contributed by atoms with E-state index < -0.39 is 5.60 Å². The van der Waals surface area contributed by atoms with Gasteiger partial charge in [-0.1, -0.05) is 0 Å². The summed E-state index contributed by atoms with van der Waals surface area (Å²) in [7, 11) is 3.53. The molecule has 2 fully saturated rings. The fourth-order valence-corrected chi connectivity index (χ4v) is 3.58. The Hall–Kier alpha value is -1.83. The van der Waals surface area contributed by atoms with E-state index >= 15 is 0 Å². The molecule has 160 valence electrons. The first-order chi connectivity index (χ1) is 13.1. The summed E-state index contributed by atoms with van der Waals surface area (Å²) >= 11 is 0. The van der Waals surface area contributed by atoms with E-state index in [1.165, 1.54) is 0 Å². The number of carbonyl (C=O) groups is 3. The van der Waals surface area contributed by atoms with Crippen LogP contribution in [-0.2, 0) is 14.3 Å². The Kier molecular flexibility index (Phi) is 7.69. The topological polar surface area (TPSA) is 73.4 Å². The molecule has 8 heteroatoms. The highest BCUT2D eigenvalue weighted by atomic mass is 16.6. The summed E-state index contributed by atoms with van der Waals surface area (Å²) in [5.41, 5.74) is -0.504. The predicted octanol–water partition coefficient (Wildman–Crippen LogP) is 1.26. The molecule has 0 unspecified atom stereocenters. The number of amides is 3. The normalized spacial score (nSPS) is 19.9. The van der Waals surface area contributed by atoms with Gasteiger partial charge in [-0.05, 0) is 40.0 Å². The number of ether oxygens (including phenoxy) is 1. The smallest absolute Gasteiger partial charge is 0.410 e. The second-order valence-corrected chi connectivity index (χ2v) is 8.98. The van der Waals surface area contributed by atoms with Crippen molar-refractivity contribution in [1.29, 1.82) is 0 Å². The molecule has 0 spiro atoms. The number of carbonyl (C=O) groups excluding carboxylic acids is 3. The van der Waals surface area contributed by atoms with Crippen molar-refractivity contribution in [3.8, 4) is 0 Å². The van der Waals surface area contributed by atoms with Crippen molar-refractivity contribution in [3.63, 3.8) is 0 Å². The van der Waals surface area contributed by atoms with E-state index in [1.807, 2.05) is 25.7 Å². The summed E-state index contributed by atoms with van der Waals surface area (Å²) in [5.74, 6) is 0.243. The lowest BCUT2D eigenvalue weighted by Gasteiger charge is -2.34. The van der Waals surface area contributed by atoms with Crippen LogP contribution < -0.4 is 0 Å². The van der Waals surface area contributed by atoms with Gasteiger partial charge in [-0.2, -0.15) is 0 Å². The molecule has 2 saturated heterocycles. The fraction of sp³-hybridized carbons (Fsp3) is 0.850. The predicted molar refractivity (Wildman–Crippen MR) is 107 cm³/mol. The van der Waals surface area contributed by atoms with E-state index in [4.69, 9.17) is 4.74 Å². The molecule has 0 aromatic rings. The van der Waals surface area contributed by atoms with Gasteiger partial charge < -0.3 is 19.4 Å². The number of piperidine rings is 1. The third-order valence-corrected chi connectivity index (χ3v) is 5.25. The van der Waals surface area contributed by atoms with Crippen LogP contribution in [-0.4, -0.2) is 103 Å². The number of likely N-dealkylation sites (N-methyl/N-ethyl adjacent to an activating group) is 1.